The minimum absolute atomic E-state index is 1.44. The summed E-state index contributed by atoms with van der Waals surface area (Å²) in [4.78, 5) is 0. The van der Waals surface area contributed by atoms with Crippen LogP contribution in [0, 0.1) is 21.3 Å². The molecular formula is C4H8N2S2. The fourth-order valence-corrected chi connectivity index (χ4v) is 0. The van der Waals surface area contributed by atoms with Crippen LogP contribution < -0.4 is 0 Å². The number of thiocyanates is 2. The van der Waals surface area contributed by atoms with Crippen LogP contribution in [-0.4, -0.2) is 0 Å². The Balaban J connectivity index is -0.0000000483. The third-order valence-electron chi connectivity index (χ3n) is 0. The van der Waals surface area contributed by atoms with Crippen molar-refractivity contribution in [3.8, 4) is 10.8 Å². The first-order valence-corrected chi connectivity index (χ1v) is 2.79. The van der Waals surface area contributed by atoms with Gasteiger partial charge in [-0.05, 0) is 0 Å². The van der Waals surface area contributed by atoms with Crippen LogP contribution >= 0.6 is 25.3 Å². The summed E-state index contributed by atoms with van der Waals surface area (Å²) in [6.45, 7) is 4.00. The molecule has 0 saturated heterocycles. The molecule has 0 N–H and O–H groups in total. The highest BCUT2D eigenvalue weighted by atomic mass is 32.1. The standard InChI is InChI=1S/C2H6.2CHNS/c1-2;2*2-1-3/h1-2H3;2*3H. The zero-order valence-electron chi connectivity index (χ0n) is 4.79. The van der Waals surface area contributed by atoms with Gasteiger partial charge in [0.15, 0.2) is 0 Å². The summed E-state index contributed by atoms with van der Waals surface area (Å²) in [5.74, 6) is 0. The first-order valence-electron chi connectivity index (χ1n) is 1.89. The van der Waals surface area contributed by atoms with Gasteiger partial charge in [-0.1, -0.05) is 39.1 Å². The molecule has 0 heterocycles. The summed E-state index contributed by atoms with van der Waals surface area (Å²) in [6.07, 6.45) is 0. The SMILES string of the molecule is CC.N#CS.N#CS. The number of nitriles is 2. The summed E-state index contributed by atoms with van der Waals surface area (Å²) in [6, 6.07) is 0. The molecule has 0 aliphatic heterocycles. The third kappa shape index (κ3) is 1210. The lowest BCUT2D eigenvalue weighted by atomic mass is 11.0. The van der Waals surface area contributed by atoms with E-state index in [2.05, 4.69) is 25.3 Å². The molecule has 46 valence electrons. The van der Waals surface area contributed by atoms with Crippen LogP contribution in [0.5, 0.6) is 0 Å². The van der Waals surface area contributed by atoms with Crippen molar-refractivity contribution in [2.45, 2.75) is 13.8 Å². The summed E-state index contributed by atoms with van der Waals surface area (Å²) in [7, 11) is 0. The van der Waals surface area contributed by atoms with Gasteiger partial charge in [0.05, 0.1) is 0 Å². The van der Waals surface area contributed by atoms with Crippen LogP contribution in [0.1, 0.15) is 13.8 Å². The lowest BCUT2D eigenvalue weighted by Crippen LogP contribution is -0.961. The molecule has 0 aliphatic rings. The summed E-state index contributed by atoms with van der Waals surface area (Å²) >= 11 is 6.19. The minimum atomic E-state index is 1.44. The van der Waals surface area contributed by atoms with Crippen LogP contribution in [0.4, 0.5) is 0 Å². The van der Waals surface area contributed by atoms with Crippen molar-refractivity contribution in [3.63, 3.8) is 0 Å². The Morgan fingerprint density at radius 1 is 1.00 bits per heavy atom. The summed E-state index contributed by atoms with van der Waals surface area (Å²) in [5, 5.41) is 17.3. The maximum Gasteiger partial charge on any atom is 0.130 e. The van der Waals surface area contributed by atoms with Crippen molar-refractivity contribution < 1.29 is 0 Å². The Morgan fingerprint density at radius 3 is 1.00 bits per heavy atom. The van der Waals surface area contributed by atoms with E-state index >= 15 is 0 Å². The second-order valence-corrected chi connectivity index (χ2v) is 0.600. The van der Waals surface area contributed by atoms with Gasteiger partial charge in [-0.15, -0.1) is 0 Å². The number of hydrogen-bond acceptors (Lipinski definition) is 4. The maximum absolute atomic E-state index is 7.18. The molecule has 0 aromatic rings. The highest BCUT2D eigenvalue weighted by Gasteiger charge is 1.18. The zero-order valence-corrected chi connectivity index (χ0v) is 6.58. The zero-order chi connectivity index (χ0) is 7.41. The molecule has 0 rings (SSSR count). The smallest absolute Gasteiger partial charge is 0.130 e. The quantitative estimate of drug-likeness (QED) is 0.406. The van der Waals surface area contributed by atoms with Crippen molar-refractivity contribution in [1.29, 1.82) is 10.5 Å². The second kappa shape index (κ2) is 76.4. The van der Waals surface area contributed by atoms with Gasteiger partial charge in [-0.2, -0.15) is 10.5 Å². The number of thiol groups is 2. The predicted molar refractivity (Wildman–Crippen MR) is 40.5 cm³/mol. The summed E-state index contributed by atoms with van der Waals surface area (Å²) < 4.78 is 0. The van der Waals surface area contributed by atoms with E-state index in [0.717, 1.165) is 0 Å². The van der Waals surface area contributed by atoms with Gasteiger partial charge in [0, 0.05) is 0 Å². The molecule has 0 radical (unpaired) electrons. The molecule has 0 aliphatic carbocycles. The molecular weight excluding hydrogens is 140 g/mol. The van der Waals surface area contributed by atoms with E-state index in [1.54, 1.807) is 0 Å². The van der Waals surface area contributed by atoms with Gasteiger partial charge >= 0.3 is 0 Å². The summed E-state index contributed by atoms with van der Waals surface area (Å²) in [5.41, 5.74) is 0. The van der Waals surface area contributed by atoms with Crippen LogP contribution in [0.25, 0.3) is 0 Å². The van der Waals surface area contributed by atoms with Gasteiger partial charge in [0.1, 0.15) is 10.8 Å². The van der Waals surface area contributed by atoms with Crippen molar-refractivity contribution in [1.82, 2.24) is 0 Å². The Kier molecular flexibility index (Phi) is 149. The fourth-order valence-electron chi connectivity index (χ4n) is 0. The predicted octanol–water partition coefficient (Wildman–Crippen LogP) is 1.82. The highest BCUT2D eigenvalue weighted by Crippen LogP contribution is 1.46. The second-order valence-electron chi connectivity index (χ2n) is 0.200. The van der Waals surface area contributed by atoms with Crippen LogP contribution in [0.15, 0.2) is 0 Å². The van der Waals surface area contributed by atoms with Gasteiger partial charge < -0.3 is 0 Å². The molecule has 0 fully saturated rings. The molecule has 0 bridgehead atoms. The Bertz CT molecular complexity index is 67.0. The van der Waals surface area contributed by atoms with E-state index in [0.29, 0.717) is 0 Å². The van der Waals surface area contributed by atoms with Crippen molar-refractivity contribution in [2.75, 3.05) is 0 Å². The molecule has 0 aromatic heterocycles. The van der Waals surface area contributed by atoms with E-state index in [1.165, 1.54) is 10.8 Å². The average Bonchev–Trinajstić information content (AvgIpc) is 1.75. The van der Waals surface area contributed by atoms with Gasteiger partial charge in [0.2, 0.25) is 0 Å². The van der Waals surface area contributed by atoms with E-state index in [9.17, 15) is 0 Å². The lowest BCUT2D eigenvalue weighted by molar-refractivity contribution is 1.50. The average molecular weight is 148 g/mol. The van der Waals surface area contributed by atoms with Crippen LogP contribution in [-0.2, 0) is 0 Å². The largest absolute Gasteiger partial charge is 0.185 e. The van der Waals surface area contributed by atoms with Crippen LogP contribution in [0.2, 0.25) is 0 Å². The maximum atomic E-state index is 7.18. The molecule has 8 heavy (non-hydrogen) atoms. The number of hydrogen-bond donors (Lipinski definition) is 2. The Labute approximate surface area is 60.9 Å². The monoisotopic (exact) mass is 148 g/mol. The number of nitrogens with zero attached hydrogens (tertiary/aromatic N) is 2. The normalized spacial score (nSPS) is 2.75. The fraction of sp³-hybridized carbons (Fsp3) is 0.500. The Morgan fingerprint density at radius 2 is 1.00 bits per heavy atom. The van der Waals surface area contributed by atoms with Gasteiger partial charge in [0.25, 0.3) is 0 Å². The molecule has 0 aromatic carbocycles. The minimum Gasteiger partial charge on any atom is -0.185 e. The molecule has 0 unspecified atom stereocenters. The van der Waals surface area contributed by atoms with Crippen molar-refractivity contribution >= 4 is 25.3 Å². The first kappa shape index (κ1) is 15.6. The third-order valence-corrected chi connectivity index (χ3v) is 0. The lowest BCUT2D eigenvalue weighted by Gasteiger charge is -1.14. The van der Waals surface area contributed by atoms with E-state index in [4.69, 9.17) is 10.5 Å². The molecule has 4 heteroatoms. The van der Waals surface area contributed by atoms with E-state index in [-0.39, 0.29) is 0 Å². The molecule has 0 atom stereocenters. The highest BCUT2D eigenvalue weighted by molar-refractivity contribution is 7.85. The molecule has 0 amide bonds. The van der Waals surface area contributed by atoms with E-state index in [1.807, 2.05) is 13.8 Å². The molecule has 2 nitrogen and oxygen atoms in total. The van der Waals surface area contributed by atoms with Gasteiger partial charge in [-0.25, -0.2) is 0 Å². The van der Waals surface area contributed by atoms with Crippen molar-refractivity contribution in [2.24, 2.45) is 0 Å². The van der Waals surface area contributed by atoms with Crippen molar-refractivity contribution in [3.05, 3.63) is 0 Å². The Hall–Kier alpha value is -0.320. The van der Waals surface area contributed by atoms with Crippen LogP contribution in [0.3, 0.4) is 0 Å². The molecule has 0 saturated carbocycles. The topological polar surface area (TPSA) is 47.6 Å². The number of rotatable bonds is 0. The van der Waals surface area contributed by atoms with E-state index < -0.39 is 0 Å². The molecule has 0 spiro atoms. The van der Waals surface area contributed by atoms with Gasteiger partial charge in [-0.3, -0.25) is 0 Å². The first-order chi connectivity index (χ1) is 3.83.